The molecule has 1 unspecified atom stereocenters. The summed E-state index contributed by atoms with van der Waals surface area (Å²) < 4.78 is 14.4. The summed E-state index contributed by atoms with van der Waals surface area (Å²) in [5.74, 6) is -0.382. The molecule has 1 heterocycles. The van der Waals surface area contributed by atoms with Crippen LogP contribution >= 0.6 is 43.2 Å². The van der Waals surface area contributed by atoms with Crippen LogP contribution in [0.2, 0.25) is 0 Å². The molecule has 16 heavy (non-hydrogen) atoms. The van der Waals surface area contributed by atoms with Crippen molar-refractivity contribution in [3.8, 4) is 0 Å². The monoisotopic (exact) mass is 365 g/mol. The summed E-state index contributed by atoms with van der Waals surface area (Å²) in [7, 11) is 0. The number of halogens is 3. The molecule has 2 aromatic rings. The maximum Gasteiger partial charge on any atom is 0.132 e. The minimum absolute atomic E-state index is 0.382. The molecular formula is C10H6Br2FNOS. The van der Waals surface area contributed by atoms with Gasteiger partial charge in [-0.2, -0.15) is 0 Å². The molecule has 1 aromatic carbocycles. The summed E-state index contributed by atoms with van der Waals surface area (Å²) in [6, 6.07) is 4.19. The zero-order valence-electron chi connectivity index (χ0n) is 7.82. The lowest BCUT2D eigenvalue weighted by Crippen LogP contribution is -2.00. The van der Waals surface area contributed by atoms with Crippen LogP contribution < -0.4 is 0 Å². The SMILES string of the molecule is OC(c1nc(Br)cs1)c1cc(F)ccc1Br. The molecule has 0 fully saturated rings. The third kappa shape index (κ3) is 2.51. The maximum atomic E-state index is 13.1. The van der Waals surface area contributed by atoms with Crippen molar-refractivity contribution in [1.82, 2.24) is 4.98 Å². The van der Waals surface area contributed by atoms with E-state index in [1.807, 2.05) is 0 Å². The number of aliphatic hydroxyl groups is 1. The Bertz CT molecular complexity index is 517. The van der Waals surface area contributed by atoms with Crippen molar-refractivity contribution in [3.63, 3.8) is 0 Å². The van der Waals surface area contributed by atoms with Crippen LogP contribution in [0, 0.1) is 5.82 Å². The first-order valence-electron chi connectivity index (χ1n) is 4.32. The van der Waals surface area contributed by atoms with E-state index in [2.05, 4.69) is 36.8 Å². The lowest BCUT2D eigenvalue weighted by Gasteiger charge is -2.09. The van der Waals surface area contributed by atoms with Gasteiger partial charge in [-0.25, -0.2) is 9.37 Å². The molecule has 1 atom stereocenters. The molecule has 1 N–H and O–H groups in total. The lowest BCUT2D eigenvalue weighted by molar-refractivity contribution is 0.218. The van der Waals surface area contributed by atoms with E-state index in [0.717, 1.165) is 0 Å². The lowest BCUT2D eigenvalue weighted by atomic mass is 10.1. The van der Waals surface area contributed by atoms with Gasteiger partial charge in [0.25, 0.3) is 0 Å². The molecule has 0 saturated carbocycles. The van der Waals surface area contributed by atoms with Crippen molar-refractivity contribution in [2.45, 2.75) is 6.10 Å². The molecular weight excluding hydrogens is 361 g/mol. The normalized spacial score (nSPS) is 12.8. The average Bonchev–Trinajstić information content (AvgIpc) is 2.67. The molecule has 1 aromatic heterocycles. The first kappa shape index (κ1) is 12.2. The van der Waals surface area contributed by atoms with E-state index in [0.29, 0.717) is 19.6 Å². The van der Waals surface area contributed by atoms with Crippen LogP contribution in [0.4, 0.5) is 4.39 Å². The standard InChI is InChI=1S/C10H6Br2FNOS/c11-7-2-1-5(13)3-6(7)9(15)10-14-8(12)4-16-10/h1-4,9,15H. The number of hydrogen-bond acceptors (Lipinski definition) is 3. The van der Waals surface area contributed by atoms with E-state index >= 15 is 0 Å². The summed E-state index contributed by atoms with van der Waals surface area (Å²) in [5, 5.41) is 12.3. The van der Waals surface area contributed by atoms with E-state index in [1.54, 1.807) is 11.4 Å². The molecule has 0 saturated heterocycles. The van der Waals surface area contributed by atoms with Crippen molar-refractivity contribution in [3.05, 3.63) is 49.0 Å². The fourth-order valence-corrected chi connectivity index (χ4v) is 2.98. The third-order valence-electron chi connectivity index (χ3n) is 1.98. The third-order valence-corrected chi connectivity index (χ3v) is 4.31. The molecule has 0 radical (unpaired) electrons. The second-order valence-electron chi connectivity index (χ2n) is 3.08. The molecule has 0 aliphatic heterocycles. The average molecular weight is 367 g/mol. The van der Waals surface area contributed by atoms with Crippen molar-refractivity contribution in [2.75, 3.05) is 0 Å². The first-order valence-corrected chi connectivity index (χ1v) is 6.78. The molecule has 6 heteroatoms. The van der Waals surface area contributed by atoms with Crippen LogP contribution in [-0.2, 0) is 0 Å². The molecule has 0 amide bonds. The number of benzene rings is 1. The van der Waals surface area contributed by atoms with Crippen LogP contribution in [-0.4, -0.2) is 10.1 Å². The highest BCUT2D eigenvalue weighted by Gasteiger charge is 2.17. The van der Waals surface area contributed by atoms with Crippen LogP contribution in [0.25, 0.3) is 0 Å². The number of aromatic nitrogens is 1. The van der Waals surface area contributed by atoms with Gasteiger partial charge < -0.3 is 5.11 Å². The van der Waals surface area contributed by atoms with E-state index < -0.39 is 6.10 Å². The highest BCUT2D eigenvalue weighted by atomic mass is 79.9. The Labute approximate surface area is 112 Å². The molecule has 2 nitrogen and oxygen atoms in total. The van der Waals surface area contributed by atoms with E-state index in [-0.39, 0.29) is 5.82 Å². The van der Waals surface area contributed by atoms with E-state index in [4.69, 9.17) is 0 Å². The maximum absolute atomic E-state index is 13.1. The fourth-order valence-electron chi connectivity index (χ4n) is 1.25. The Morgan fingerprint density at radius 2 is 2.12 bits per heavy atom. The van der Waals surface area contributed by atoms with Gasteiger partial charge in [-0.05, 0) is 34.1 Å². The largest absolute Gasteiger partial charge is 0.381 e. The van der Waals surface area contributed by atoms with Gasteiger partial charge in [0.15, 0.2) is 0 Å². The second kappa shape index (κ2) is 4.91. The van der Waals surface area contributed by atoms with E-state index in [1.165, 1.54) is 23.5 Å². The van der Waals surface area contributed by atoms with Gasteiger partial charge in [-0.3, -0.25) is 0 Å². The Hall–Kier alpha value is -0.300. The van der Waals surface area contributed by atoms with Crippen LogP contribution in [0.5, 0.6) is 0 Å². The van der Waals surface area contributed by atoms with Gasteiger partial charge in [0.05, 0.1) is 0 Å². The summed E-state index contributed by atoms with van der Waals surface area (Å²) >= 11 is 7.80. The van der Waals surface area contributed by atoms with E-state index in [9.17, 15) is 9.50 Å². The van der Waals surface area contributed by atoms with Gasteiger partial charge in [-0.1, -0.05) is 15.9 Å². The molecule has 0 spiro atoms. The number of thiazole rings is 1. The summed E-state index contributed by atoms with van der Waals surface area (Å²) in [5.41, 5.74) is 0.474. The molecule has 0 aliphatic rings. The zero-order valence-corrected chi connectivity index (χ0v) is 11.8. The first-order chi connectivity index (χ1) is 7.58. The Balaban J connectivity index is 2.40. The number of nitrogens with zero attached hydrogens (tertiary/aromatic N) is 1. The highest BCUT2D eigenvalue weighted by Crippen LogP contribution is 2.31. The summed E-state index contributed by atoms with van der Waals surface area (Å²) in [4.78, 5) is 4.10. The molecule has 0 bridgehead atoms. The van der Waals surface area contributed by atoms with Gasteiger partial charge in [0.1, 0.15) is 21.5 Å². The van der Waals surface area contributed by atoms with Gasteiger partial charge in [-0.15, -0.1) is 11.3 Å². The smallest absolute Gasteiger partial charge is 0.132 e. The predicted octanol–water partition coefficient (Wildman–Crippen LogP) is 3.89. The van der Waals surface area contributed by atoms with Crippen molar-refractivity contribution >= 4 is 43.2 Å². The van der Waals surface area contributed by atoms with Crippen LogP contribution in [0.15, 0.2) is 32.7 Å². The number of rotatable bonds is 2. The van der Waals surface area contributed by atoms with Crippen molar-refractivity contribution < 1.29 is 9.50 Å². The van der Waals surface area contributed by atoms with Crippen LogP contribution in [0.3, 0.4) is 0 Å². The minimum atomic E-state index is -0.915. The Morgan fingerprint density at radius 3 is 2.75 bits per heavy atom. The minimum Gasteiger partial charge on any atom is -0.381 e. The van der Waals surface area contributed by atoms with Gasteiger partial charge in [0, 0.05) is 15.4 Å². The van der Waals surface area contributed by atoms with Crippen LogP contribution in [0.1, 0.15) is 16.7 Å². The van der Waals surface area contributed by atoms with Gasteiger partial charge in [0.2, 0.25) is 0 Å². The molecule has 84 valence electrons. The van der Waals surface area contributed by atoms with Crippen molar-refractivity contribution in [2.24, 2.45) is 0 Å². The second-order valence-corrected chi connectivity index (χ2v) is 5.63. The Kier molecular flexibility index (Phi) is 3.73. The van der Waals surface area contributed by atoms with Crippen molar-refractivity contribution in [1.29, 1.82) is 0 Å². The molecule has 2 rings (SSSR count). The summed E-state index contributed by atoms with van der Waals surface area (Å²) in [6.07, 6.45) is -0.915. The molecule has 0 aliphatic carbocycles. The topological polar surface area (TPSA) is 33.1 Å². The highest BCUT2D eigenvalue weighted by molar-refractivity contribution is 9.10. The summed E-state index contributed by atoms with van der Waals surface area (Å²) in [6.45, 7) is 0. The Morgan fingerprint density at radius 1 is 1.38 bits per heavy atom. The zero-order chi connectivity index (χ0) is 11.7. The quantitative estimate of drug-likeness (QED) is 0.874. The number of hydrogen-bond donors (Lipinski definition) is 1. The fraction of sp³-hybridized carbons (Fsp3) is 0.100. The number of aliphatic hydroxyl groups excluding tert-OH is 1. The van der Waals surface area contributed by atoms with Gasteiger partial charge >= 0.3 is 0 Å². The predicted molar refractivity (Wildman–Crippen MR) is 68.0 cm³/mol.